The first-order valence-electron chi connectivity index (χ1n) is 10.8. The molecule has 33 heavy (non-hydrogen) atoms. The Morgan fingerprint density at radius 3 is 2.73 bits per heavy atom. The van der Waals surface area contributed by atoms with Crippen molar-refractivity contribution in [3.05, 3.63) is 62.6 Å². The largest absolute Gasteiger partial charge is 0.490 e. The van der Waals surface area contributed by atoms with Crippen LogP contribution in [-0.2, 0) is 11.2 Å². The molecule has 0 bridgehead atoms. The highest BCUT2D eigenvalue weighted by Gasteiger charge is 2.16. The average Bonchev–Trinajstić information content (AvgIpc) is 2.79. The lowest BCUT2D eigenvalue weighted by Gasteiger charge is -2.15. The molecule has 3 rings (SSSR count). The van der Waals surface area contributed by atoms with Gasteiger partial charge in [-0.2, -0.15) is 9.78 Å². The molecular weight excluding hydrogens is 490 g/mol. The van der Waals surface area contributed by atoms with E-state index in [2.05, 4.69) is 32.9 Å². The average molecular weight is 516 g/mol. The van der Waals surface area contributed by atoms with Crippen LogP contribution in [-0.4, -0.2) is 39.7 Å². The maximum Gasteiger partial charge on any atom is 0.344 e. The smallest absolute Gasteiger partial charge is 0.344 e. The summed E-state index contributed by atoms with van der Waals surface area (Å²) in [4.78, 5) is 29.0. The van der Waals surface area contributed by atoms with Crippen molar-refractivity contribution >= 4 is 39.0 Å². The van der Waals surface area contributed by atoms with Gasteiger partial charge in [0.05, 0.1) is 23.7 Å². The van der Waals surface area contributed by atoms with Gasteiger partial charge in [-0.15, -0.1) is 0 Å². The molecule has 3 aromatic rings. The zero-order valence-corrected chi connectivity index (χ0v) is 20.3. The lowest BCUT2D eigenvalue weighted by Crippen LogP contribution is -2.23. The molecule has 9 heteroatoms. The molecule has 1 heterocycles. The van der Waals surface area contributed by atoms with Crippen LogP contribution in [0.3, 0.4) is 0 Å². The highest BCUT2D eigenvalue weighted by Crippen LogP contribution is 2.29. The summed E-state index contributed by atoms with van der Waals surface area (Å²) in [5, 5.41) is 14.0. The van der Waals surface area contributed by atoms with Gasteiger partial charge in [0.25, 0.3) is 5.56 Å². The van der Waals surface area contributed by atoms with Crippen LogP contribution < -0.4 is 15.0 Å². The molecule has 0 saturated carbocycles. The Morgan fingerprint density at radius 2 is 2.03 bits per heavy atom. The fraction of sp³-hybridized carbons (Fsp3) is 0.333. The van der Waals surface area contributed by atoms with Crippen molar-refractivity contribution < 1.29 is 19.4 Å². The van der Waals surface area contributed by atoms with E-state index in [0.717, 1.165) is 17.3 Å². The molecule has 1 atom stereocenters. The van der Waals surface area contributed by atoms with Crippen LogP contribution in [0.5, 0.6) is 11.5 Å². The molecule has 1 aromatic heterocycles. The number of nitrogens with zero attached hydrogens (tertiary/aromatic N) is 3. The zero-order chi connectivity index (χ0) is 24.0. The summed E-state index contributed by atoms with van der Waals surface area (Å²) in [6.07, 6.45) is 3.00. The monoisotopic (exact) mass is 515 g/mol. The summed E-state index contributed by atoms with van der Waals surface area (Å²) in [7, 11) is 0. The van der Waals surface area contributed by atoms with Crippen molar-refractivity contribution in [1.82, 2.24) is 9.66 Å². The summed E-state index contributed by atoms with van der Waals surface area (Å²) in [6, 6.07) is 10.5. The van der Waals surface area contributed by atoms with Crippen LogP contribution in [0.1, 0.15) is 45.0 Å². The maximum absolute atomic E-state index is 13.2. The molecule has 174 valence electrons. The summed E-state index contributed by atoms with van der Waals surface area (Å²) in [5.41, 5.74) is 1.05. The maximum atomic E-state index is 13.2. The summed E-state index contributed by atoms with van der Waals surface area (Å²) >= 11 is 3.41. The van der Waals surface area contributed by atoms with Crippen molar-refractivity contribution in [2.24, 2.45) is 5.10 Å². The van der Waals surface area contributed by atoms with Crippen molar-refractivity contribution in [3.8, 4) is 11.5 Å². The molecule has 0 aliphatic rings. The third kappa shape index (κ3) is 5.98. The van der Waals surface area contributed by atoms with E-state index in [0.29, 0.717) is 46.8 Å². The number of aromatic nitrogens is 2. The number of fused-ring (bicyclic) bond motifs is 1. The number of carboxylic acid groups (broad SMARTS) is 1. The van der Waals surface area contributed by atoms with Crippen molar-refractivity contribution in [2.45, 2.75) is 46.1 Å². The Labute approximate surface area is 200 Å². The Kier molecular flexibility index (Phi) is 8.21. The number of carbonyl (C=O) groups is 1. The van der Waals surface area contributed by atoms with Crippen LogP contribution in [0.15, 0.2) is 50.8 Å². The normalized spacial score (nSPS) is 12.2. The molecule has 8 nitrogen and oxygen atoms in total. The number of ether oxygens (including phenoxy) is 2. The van der Waals surface area contributed by atoms with Gasteiger partial charge in [-0.1, -0.05) is 29.3 Å². The van der Waals surface area contributed by atoms with Gasteiger partial charge in [0.2, 0.25) is 0 Å². The van der Waals surface area contributed by atoms with Crippen molar-refractivity contribution in [2.75, 3.05) is 6.61 Å². The van der Waals surface area contributed by atoms with E-state index in [9.17, 15) is 9.59 Å². The highest BCUT2D eigenvalue weighted by molar-refractivity contribution is 9.10. The second kappa shape index (κ2) is 11.1. The predicted molar refractivity (Wildman–Crippen MR) is 131 cm³/mol. The molecule has 0 amide bonds. The van der Waals surface area contributed by atoms with Crippen LogP contribution in [0, 0.1) is 0 Å². The first kappa shape index (κ1) is 24.4. The number of rotatable bonds is 10. The topological polar surface area (TPSA) is 103 Å². The Bertz CT molecular complexity index is 1240. The predicted octanol–water partition coefficient (Wildman–Crippen LogP) is 4.63. The van der Waals surface area contributed by atoms with Crippen LogP contribution in [0.25, 0.3) is 10.9 Å². The molecule has 0 fully saturated rings. The Balaban J connectivity index is 2.01. The summed E-state index contributed by atoms with van der Waals surface area (Å²) < 4.78 is 13.2. The van der Waals surface area contributed by atoms with Gasteiger partial charge >= 0.3 is 5.97 Å². The second-order valence-corrected chi connectivity index (χ2v) is 8.31. The van der Waals surface area contributed by atoms with Gasteiger partial charge in [-0.05, 0) is 62.2 Å². The van der Waals surface area contributed by atoms with Crippen LogP contribution >= 0.6 is 15.9 Å². The molecule has 0 aliphatic carbocycles. The first-order valence-corrected chi connectivity index (χ1v) is 11.5. The van der Waals surface area contributed by atoms with Gasteiger partial charge < -0.3 is 14.6 Å². The fourth-order valence-electron chi connectivity index (χ4n) is 3.15. The van der Waals surface area contributed by atoms with Gasteiger partial charge in [0, 0.05) is 10.9 Å². The second-order valence-electron chi connectivity index (χ2n) is 7.39. The van der Waals surface area contributed by atoms with Gasteiger partial charge in [0.15, 0.2) is 17.6 Å². The minimum atomic E-state index is -1.07. The minimum Gasteiger partial charge on any atom is -0.490 e. The molecule has 0 aliphatic heterocycles. The number of unbranched alkanes of at least 4 members (excludes halogenated alkanes) is 1. The number of halogens is 1. The first-order chi connectivity index (χ1) is 15.8. The number of hydrogen-bond acceptors (Lipinski definition) is 6. The molecule has 0 spiro atoms. The zero-order valence-electron chi connectivity index (χ0n) is 18.7. The van der Waals surface area contributed by atoms with Crippen molar-refractivity contribution in [3.63, 3.8) is 0 Å². The molecule has 1 N–H and O–H groups in total. The SMILES string of the molecule is CCCCc1nc2ccc(Br)cc2c(=O)n1N=Cc1ccc(O[C@H](C)C(=O)O)c(OCC)c1. The Hall–Kier alpha value is -3.20. The van der Waals surface area contributed by atoms with E-state index in [4.69, 9.17) is 14.6 Å². The molecular formula is C24H26BrN3O5. The van der Waals surface area contributed by atoms with E-state index in [-0.39, 0.29) is 5.56 Å². The summed E-state index contributed by atoms with van der Waals surface area (Å²) in [5.74, 6) is 0.237. The lowest BCUT2D eigenvalue weighted by atomic mass is 10.2. The standard InChI is InChI=1S/C24H26BrN3O5/c1-4-6-7-22-27-19-10-9-17(25)13-18(19)23(29)28(22)26-14-16-8-11-20(21(12-16)32-5-2)33-15(3)24(30)31/h8-15H,4-7H2,1-3H3,(H,30,31)/t15-/m1/s1. The Morgan fingerprint density at radius 1 is 1.24 bits per heavy atom. The van der Waals surface area contributed by atoms with E-state index < -0.39 is 12.1 Å². The van der Waals surface area contributed by atoms with E-state index in [1.165, 1.54) is 11.6 Å². The number of hydrogen-bond donors (Lipinski definition) is 1. The van der Waals surface area contributed by atoms with E-state index >= 15 is 0 Å². The van der Waals surface area contributed by atoms with Gasteiger partial charge in [0.1, 0.15) is 5.82 Å². The molecule has 2 aromatic carbocycles. The van der Waals surface area contributed by atoms with Gasteiger partial charge in [-0.25, -0.2) is 9.78 Å². The summed E-state index contributed by atoms with van der Waals surface area (Å²) in [6.45, 7) is 5.73. The number of aryl methyl sites for hydroxylation is 1. The highest BCUT2D eigenvalue weighted by atomic mass is 79.9. The van der Waals surface area contributed by atoms with Crippen LogP contribution in [0.4, 0.5) is 0 Å². The van der Waals surface area contributed by atoms with E-state index in [1.807, 2.05) is 19.1 Å². The number of benzene rings is 2. The van der Waals surface area contributed by atoms with Gasteiger partial charge in [-0.3, -0.25) is 4.79 Å². The third-order valence-electron chi connectivity index (χ3n) is 4.87. The number of carboxylic acids is 1. The lowest BCUT2D eigenvalue weighted by molar-refractivity contribution is -0.144. The minimum absolute atomic E-state index is 0.246. The third-order valence-corrected chi connectivity index (χ3v) is 5.36. The quantitative estimate of drug-likeness (QED) is 0.394. The molecule has 0 unspecified atom stereocenters. The van der Waals surface area contributed by atoms with Crippen LogP contribution in [0.2, 0.25) is 0 Å². The molecule has 0 saturated heterocycles. The van der Waals surface area contributed by atoms with Crippen molar-refractivity contribution in [1.29, 1.82) is 0 Å². The van der Waals surface area contributed by atoms with E-state index in [1.54, 1.807) is 30.5 Å². The fourth-order valence-corrected chi connectivity index (χ4v) is 3.51. The molecule has 0 radical (unpaired) electrons. The number of aliphatic carboxylic acids is 1.